The zero-order chi connectivity index (χ0) is 13.7. The average Bonchev–Trinajstić information content (AvgIpc) is 2.43. The van der Waals surface area contributed by atoms with E-state index in [1.54, 1.807) is 0 Å². The Kier molecular flexibility index (Phi) is 5.05. The molecule has 3 nitrogen and oxygen atoms in total. The maximum Gasteiger partial charge on any atom is 0.0705 e. The van der Waals surface area contributed by atoms with Crippen LogP contribution in [-0.4, -0.2) is 27.2 Å². The summed E-state index contributed by atoms with van der Waals surface area (Å²) in [6.45, 7) is 5.56. The Morgan fingerprint density at radius 1 is 1.26 bits per heavy atom. The van der Waals surface area contributed by atoms with Gasteiger partial charge in [0, 0.05) is 46.5 Å². The first kappa shape index (κ1) is 14.2. The molecule has 0 spiro atoms. The third-order valence-corrected chi connectivity index (χ3v) is 4.35. The van der Waals surface area contributed by atoms with Crippen LogP contribution in [0.25, 0.3) is 10.9 Å². The van der Waals surface area contributed by atoms with Crippen molar-refractivity contribution in [2.24, 2.45) is 0 Å². The van der Waals surface area contributed by atoms with E-state index in [0.29, 0.717) is 0 Å². The number of pyridine rings is 1. The molecule has 0 bridgehead atoms. The minimum atomic E-state index is -0.682. The maximum absolute atomic E-state index is 11.3. The summed E-state index contributed by atoms with van der Waals surface area (Å²) in [6.07, 6.45) is 0. The van der Waals surface area contributed by atoms with Crippen molar-refractivity contribution in [1.82, 2.24) is 10.3 Å². The molecule has 0 aliphatic rings. The monoisotopic (exact) mass is 276 g/mol. The second-order valence-electron chi connectivity index (χ2n) is 4.59. The van der Waals surface area contributed by atoms with Crippen LogP contribution in [0, 0.1) is 6.92 Å². The number of benzene rings is 1. The third-order valence-electron chi connectivity index (χ3n) is 3.05. The molecule has 0 aliphatic carbocycles. The second-order valence-corrected chi connectivity index (χ2v) is 6.45. The normalized spacial score (nSPS) is 12.7. The lowest BCUT2D eigenvalue weighted by molar-refractivity contribution is 0.674. The van der Waals surface area contributed by atoms with E-state index in [1.165, 1.54) is 10.9 Å². The van der Waals surface area contributed by atoms with Gasteiger partial charge in [0.25, 0.3) is 0 Å². The highest BCUT2D eigenvalue weighted by atomic mass is 32.2. The molecule has 102 valence electrons. The summed E-state index contributed by atoms with van der Waals surface area (Å²) < 4.78 is 11.3. The number of nitrogens with zero attached hydrogens (tertiary/aromatic N) is 1. The van der Waals surface area contributed by atoms with Crippen LogP contribution >= 0.6 is 0 Å². The van der Waals surface area contributed by atoms with Crippen LogP contribution in [0.15, 0.2) is 30.3 Å². The number of rotatable bonds is 6. The summed E-state index contributed by atoms with van der Waals surface area (Å²) in [6, 6.07) is 10.4. The van der Waals surface area contributed by atoms with Crippen LogP contribution < -0.4 is 5.32 Å². The summed E-state index contributed by atoms with van der Waals surface area (Å²) in [5.41, 5.74) is 3.32. The van der Waals surface area contributed by atoms with Crippen molar-refractivity contribution in [2.45, 2.75) is 20.4 Å². The molecule has 0 saturated carbocycles. The van der Waals surface area contributed by atoms with E-state index in [0.717, 1.165) is 35.8 Å². The lowest BCUT2D eigenvalue weighted by atomic mass is 10.1. The first-order valence-electron chi connectivity index (χ1n) is 6.61. The Morgan fingerprint density at radius 3 is 2.89 bits per heavy atom. The summed E-state index contributed by atoms with van der Waals surface area (Å²) in [5.74, 6) is 1.47. The fraction of sp³-hybridized carbons (Fsp3) is 0.400. The maximum atomic E-state index is 11.3. The van der Waals surface area contributed by atoms with Gasteiger partial charge in [-0.25, -0.2) is 0 Å². The van der Waals surface area contributed by atoms with Gasteiger partial charge in [0.1, 0.15) is 0 Å². The van der Waals surface area contributed by atoms with Crippen LogP contribution in [-0.2, 0) is 17.3 Å². The SMILES string of the molecule is CCS(=O)CCNCc1ccc2nc(C)ccc2c1. The molecule has 0 saturated heterocycles. The molecule has 0 aliphatic heterocycles. The zero-order valence-electron chi connectivity index (χ0n) is 11.5. The van der Waals surface area contributed by atoms with Crippen molar-refractivity contribution >= 4 is 21.7 Å². The van der Waals surface area contributed by atoms with E-state index in [2.05, 4.69) is 34.6 Å². The van der Waals surface area contributed by atoms with Gasteiger partial charge in [-0.15, -0.1) is 0 Å². The van der Waals surface area contributed by atoms with Crippen LogP contribution in [0.5, 0.6) is 0 Å². The van der Waals surface area contributed by atoms with Crippen molar-refractivity contribution in [1.29, 1.82) is 0 Å². The van der Waals surface area contributed by atoms with E-state index < -0.39 is 10.8 Å². The molecule has 19 heavy (non-hydrogen) atoms. The zero-order valence-corrected chi connectivity index (χ0v) is 12.3. The molecule has 1 aromatic heterocycles. The Bertz CT molecular complexity index is 583. The topological polar surface area (TPSA) is 42.0 Å². The van der Waals surface area contributed by atoms with Gasteiger partial charge in [-0.2, -0.15) is 0 Å². The van der Waals surface area contributed by atoms with Crippen molar-refractivity contribution in [3.8, 4) is 0 Å². The molecule has 4 heteroatoms. The summed E-state index contributed by atoms with van der Waals surface area (Å²) >= 11 is 0. The van der Waals surface area contributed by atoms with E-state index >= 15 is 0 Å². The first-order chi connectivity index (χ1) is 9.19. The molecule has 0 radical (unpaired) electrons. The van der Waals surface area contributed by atoms with Crippen LogP contribution in [0.1, 0.15) is 18.2 Å². The molecule has 1 unspecified atom stereocenters. The number of fused-ring (bicyclic) bond motifs is 1. The summed E-state index contributed by atoms with van der Waals surface area (Å²) in [4.78, 5) is 4.49. The fourth-order valence-electron chi connectivity index (χ4n) is 1.95. The van der Waals surface area contributed by atoms with Gasteiger partial charge in [-0.05, 0) is 30.7 Å². The van der Waals surface area contributed by atoms with Gasteiger partial charge in [-0.3, -0.25) is 9.19 Å². The van der Waals surface area contributed by atoms with Crippen molar-refractivity contribution in [2.75, 3.05) is 18.1 Å². The third kappa shape index (κ3) is 4.11. The molecule has 2 rings (SSSR count). The first-order valence-corrected chi connectivity index (χ1v) is 8.10. The lowest BCUT2D eigenvalue weighted by Crippen LogP contribution is -2.20. The molecular formula is C15H20N2OS. The van der Waals surface area contributed by atoms with Gasteiger partial charge in [0.15, 0.2) is 0 Å². The van der Waals surface area contributed by atoms with Gasteiger partial charge < -0.3 is 5.32 Å². The predicted molar refractivity (Wildman–Crippen MR) is 81.7 cm³/mol. The second kappa shape index (κ2) is 6.78. The molecule has 1 N–H and O–H groups in total. The van der Waals surface area contributed by atoms with E-state index in [4.69, 9.17) is 0 Å². The molecule has 1 heterocycles. The van der Waals surface area contributed by atoms with E-state index in [1.807, 2.05) is 19.9 Å². The highest BCUT2D eigenvalue weighted by Crippen LogP contribution is 2.14. The van der Waals surface area contributed by atoms with Gasteiger partial charge in [-0.1, -0.05) is 19.1 Å². The molecule has 0 fully saturated rings. The van der Waals surface area contributed by atoms with Crippen LogP contribution in [0.4, 0.5) is 0 Å². The van der Waals surface area contributed by atoms with E-state index in [9.17, 15) is 4.21 Å². The van der Waals surface area contributed by atoms with Gasteiger partial charge in [0.2, 0.25) is 0 Å². The average molecular weight is 276 g/mol. The number of hydrogen-bond donors (Lipinski definition) is 1. The smallest absolute Gasteiger partial charge is 0.0705 e. The van der Waals surface area contributed by atoms with Crippen molar-refractivity contribution in [3.63, 3.8) is 0 Å². The molecule has 1 aromatic carbocycles. The minimum absolute atomic E-state index is 0.682. The van der Waals surface area contributed by atoms with Crippen molar-refractivity contribution < 1.29 is 4.21 Å². The largest absolute Gasteiger partial charge is 0.312 e. The minimum Gasteiger partial charge on any atom is -0.312 e. The predicted octanol–water partition coefficient (Wildman–Crippen LogP) is 2.40. The quantitative estimate of drug-likeness (QED) is 0.824. The summed E-state index contributed by atoms with van der Waals surface area (Å²) in [7, 11) is -0.682. The Morgan fingerprint density at radius 2 is 2.11 bits per heavy atom. The van der Waals surface area contributed by atoms with Gasteiger partial charge in [0.05, 0.1) is 5.52 Å². The fourth-order valence-corrected chi connectivity index (χ4v) is 2.61. The van der Waals surface area contributed by atoms with Gasteiger partial charge >= 0.3 is 0 Å². The highest BCUT2D eigenvalue weighted by Gasteiger charge is 1.99. The molecule has 1 atom stereocenters. The molecular weight excluding hydrogens is 256 g/mol. The van der Waals surface area contributed by atoms with Crippen LogP contribution in [0.2, 0.25) is 0 Å². The Balaban J connectivity index is 1.94. The lowest BCUT2D eigenvalue weighted by Gasteiger charge is -2.06. The standard InChI is InChI=1S/C15H20N2OS/c1-3-19(18)9-8-16-11-13-5-7-15-14(10-13)6-4-12(2)17-15/h4-7,10,16H,3,8-9,11H2,1-2H3. The molecule has 2 aromatic rings. The molecule has 0 amide bonds. The van der Waals surface area contributed by atoms with Crippen LogP contribution in [0.3, 0.4) is 0 Å². The number of nitrogens with one attached hydrogen (secondary N) is 1. The number of aryl methyl sites for hydroxylation is 1. The highest BCUT2D eigenvalue weighted by molar-refractivity contribution is 7.84. The Hall–Kier alpha value is -1.26. The Labute approximate surface area is 116 Å². The van der Waals surface area contributed by atoms with E-state index in [-0.39, 0.29) is 0 Å². The van der Waals surface area contributed by atoms with Crippen molar-refractivity contribution in [3.05, 3.63) is 41.6 Å². The summed E-state index contributed by atoms with van der Waals surface area (Å²) in [5, 5.41) is 4.50. The number of aromatic nitrogens is 1. The number of hydrogen-bond acceptors (Lipinski definition) is 3.